The molecule has 3 aromatic rings. The third-order valence-corrected chi connectivity index (χ3v) is 6.57. The van der Waals surface area contributed by atoms with Gasteiger partial charge >= 0.3 is 0 Å². The molecule has 31 heavy (non-hydrogen) atoms. The number of hydrogen-bond donors (Lipinski definition) is 1. The van der Waals surface area contributed by atoms with E-state index in [0.29, 0.717) is 19.4 Å². The van der Waals surface area contributed by atoms with Gasteiger partial charge in [0.15, 0.2) is 5.65 Å². The van der Waals surface area contributed by atoms with Gasteiger partial charge in [-0.3, -0.25) is 9.69 Å². The van der Waals surface area contributed by atoms with E-state index in [-0.39, 0.29) is 11.9 Å². The Morgan fingerprint density at radius 2 is 1.94 bits per heavy atom. The van der Waals surface area contributed by atoms with Gasteiger partial charge in [0.05, 0.1) is 11.7 Å². The van der Waals surface area contributed by atoms with E-state index in [0.717, 1.165) is 52.0 Å². The molecule has 0 radical (unpaired) electrons. The molecule has 4 rings (SSSR count). The standard InChI is InChI=1S/C24H30ClN5O/c1-16-14-23-27-17(2)19(18(3)30(23)28-16)10-11-24(31)26-15-22(29-12-6-7-13-29)20-8-4-5-9-21(20)25/h4-5,8-9,14,22H,6-7,10-13,15H2,1-3H3,(H,26,31). The number of nitrogens with one attached hydrogen (secondary N) is 1. The van der Waals surface area contributed by atoms with Crippen LogP contribution in [0.5, 0.6) is 0 Å². The summed E-state index contributed by atoms with van der Waals surface area (Å²) in [4.78, 5) is 19.8. The van der Waals surface area contributed by atoms with Gasteiger partial charge in [-0.2, -0.15) is 5.10 Å². The lowest BCUT2D eigenvalue weighted by Gasteiger charge is -2.29. The average molecular weight is 440 g/mol. The summed E-state index contributed by atoms with van der Waals surface area (Å²) in [6, 6.07) is 10.0. The highest BCUT2D eigenvalue weighted by molar-refractivity contribution is 6.31. The molecule has 1 N–H and O–H groups in total. The summed E-state index contributed by atoms with van der Waals surface area (Å²) in [7, 11) is 0. The average Bonchev–Trinajstić information content (AvgIpc) is 3.39. The van der Waals surface area contributed by atoms with Crippen LogP contribution >= 0.6 is 11.6 Å². The molecule has 3 heterocycles. The quantitative estimate of drug-likeness (QED) is 0.599. The first-order valence-corrected chi connectivity index (χ1v) is 11.4. The van der Waals surface area contributed by atoms with Gasteiger partial charge in [-0.25, -0.2) is 9.50 Å². The third-order valence-electron chi connectivity index (χ3n) is 6.23. The molecule has 1 fully saturated rings. The van der Waals surface area contributed by atoms with Crippen LogP contribution in [0.2, 0.25) is 5.02 Å². The van der Waals surface area contributed by atoms with Crippen molar-refractivity contribution in [3.8, 4) is 0 Å². The van der Waals surface area contributed by atoms with E-state index in [1.54, 1.807) is 0 Å². The fourth-order valence-corrected chi connectivity index (χ4v) is 4.84. The Kier molecular flexibility index (Phi) is 6.58. The van der Waals surface area contributed by atoms with E-state index >= 15 is 0 Å². The minimum absolute atomic E-state index is 0.0480. The van der Waals surface area contributed by atoms with Crippen LogP contribution in [0.3, 0.4) is 0 Å². The third kappa shape index (κ3) is 4.75. The second-order valence-electron chi connectivity index (χ2n) is 8.40. The highest BCUT2D eigenvalue weighted by Crippen LogP contribution is 2.29. The molecule has 1 unspecified atom stereocenters. The monoisotopic (exact) mass is 439 g/mol. The number of nitrogens with zero attached hydrogens (tertiary/aromatic N) is 4. The Bertz CT molecular complexity index is 1090. The number of likely N-dealkylation sites (tertiary alicyclic amines) is 1. The van der Waals surface area contributed by atoms with Gasteiger partial charge in [-0.1, -0.05) is 29.8 Å². The highest BCUT2D eigenvalue weighted by Gasteiger charge is 2.25. The first kappa shape index (κ1) is 21.8. The number of benzene rings is 1. The van der Waals surface area contributed by atoms with Crippen molar-refractivity contribution in [2.45, 2.75) is 52.5 Å². The zero-order valence-electron chi connectivity index (χ0n) is 18.5. The summed E-state index contributed by atoms with van der Waals surface area (Å²) in [5, 5.41) is 8.43. The van der Waals surface area contributed by atoms with Gasteiger partial charge in [-0.15, -0.1) is 0 Å². The first-order chi connectivity index (χ1) is 14.9. The molecule has 1 aromatic carbocycles. The maximum absolute atomic E-state index is 12.7. The van der Waals surface area contributed by atoms with Crippen LogP contribution in [0.25, 0.3) is 5.65 Å². The van der Waals surface area contributed by atoms with Crippen LogP contribution in [0.4, 0.5) is 0 Å². The fourth-order valence-electron chi connectivity index (χ4n) is 4.57. The van der Waals surface area contributed by atoms with Gasteiger partial charge < -0.3 is 5.32 Å². The Labute approximate surface area is 188 Å². The smallest absolute Gasteiger partial charge is 0.220 e. The van der Waals surface area contributed by atoms with Crippen molar-refractivity contribution in [3.05, 3.63) is 63.6 Å². The van der Waals surface area contributed by atoms with Crippen LogP contribution in [0.1, 0.15) is 53.5 Å². The number of carbonyl (C=O) groups excluding carboxylic acids is 1. The van der Waals surface area contributed by atoms with E-state index < -0.39 is 0 Å². The van der Waals surface area contributed by atoms with Crippen molar-refractivity contribution in [3.63, 3.8) is 0 Å². The molecule has 164 valence electrons. The van der Waals surface area contributed by atoms with Crippen molar-refractivity contribution in [2.75, 3.05) is 19.6 Å². The van der Waals surface area contributed by atoms with Gasteiger partial charge in [-0.05, 0) is 70.3 Å². The molecule has 7 heteroatoms. The van der Waals surface area contributed by atoms with Crippen molar-refractivity contribution >= 4 is 23.2 Å². The Balaban J connectivity index is 1.42. The molecule has 1 saturated heterocycles. The lowest BCUT2D eigenvalue weighted by Crippen LogP contribution is -2.37. The van der Waals surface area contributed by atoms with Crippen molar-refractivity contribution < 1.29 is 4.79 Å². The van der Waals surface area contributed by atoms with Crippen LogP contribution in [0, 0.1) is 20.8 Å². The molecule has 2 aromatic heterocycles. The van der Waals surface area contributed by atoms with Crippen LogP contribution < -0.4 is 5.32 Å². The molecule has 1 amide bonds. The molecule has 0 saturated carbocycles. The van der Waals surface area contributed by atoms with Crippen molar-refractivity contribution in [1.82, 2.24) is 24.8 Å². The highest BCUT2D eigenvalue weighted by atomic mass is 35.5. The zero-order chi connectivity index (χ0) is 22.0. The maximum Gasteiger partial charge on any atom is 0.220 e. The number of fused-ring (bicyclic) bond motifs is 1. The molecule has 1 aliphatic rings. The molecular formula is C24H30ClN5O. The second-order valence-corrected chi connectivity index (χ2v) is 8.81. The summed E-state index contributed by atoms with van der Waals surface area (Å²) in [5.74, 6) is 0.0480. The summed E-state index contributed by atoms with van der Waals surface area (Å²) in [6.45, 7) is 8.66. The number of aryl methyl sites for hydroxylation is 3. The van der Waals surface area contributed by atoms with E-state index in [2.05, 4.69) is 26.4 Å². The van der Waals surface area contributed by atoms with Gasteiger partial charge in [0.1, 0.15) is 0 Å². The van der Waals surface area contributed by atoms with E-state index in [9.17, 15) is 4.79 Å². The lowest BCUT2D eigenvalue weighted by molar-refractivity contribution is -0.121. The second kappa shape index (κ2) is 9.37. The minimum atomic E-state index is 0.0480. The molecule has 0 aliphatic carbocycles. The molecule has 1 atom stereocenters. The first-order valence-electron chi connectivity index (χ1n) is 11.0. The topological polar surface area (TPSA) is 62.5 Å². The predicted octanol–water partition coefficient (Wildman–Crippen LogP) is 4.19. The van der Waals surface area contributed by atoms with Gasteiger partial charge in [0, 0.05) is 35.4 Å². The summed E-state index contributed by atoms with van der Waals surface area (Å²) in [6.07, 6.45) is 3.45. The molecule has 0 spiro atoms. The fraction of sp³-hybridized carbons (Fsp3) is 0.458. The Hall–Kier alpha value is -2.44. The van der Waals surface area contributed by atoms with Crippen LogP contribution in [-0.2, 0) is 11.2 Å². The zero-order valence-corrected chi connectivity index (χ0v) is 19.2. The lowest BCUT2D eigenvalue weighted by atomic mass is 10.0. The molecule has 0 bridgehead atoms. The van der Waals surface area contributed by atoms with E-state index in [4.69, 9.17) is 11.6 Å². The van der Waals surface area contributed by atoms with Crippen molar-refractivity contribution in [1.29, 1.82) is 0 Å². The number of halogens is 1. The van der Waals surface area contributed by atoms with E-state index in [1.165, 1.54) is 12.8 Å². The van der Waals surface area contributed by atoms with Gasteiger partial charge in [0.25, 0.3) is 0 Å². The van der Waals surface area contributed by atoms with Crippen molar-refractivity contribution in [2.24, 2.45) is 0 Å². The summed E-state index contributed by atoms with van der Waals surface area (Å²) >= 11 is 6.48. The maximum atomic E-state index is 12.7. The Morgan fingerprint density at radius 1 is 1.19 bits per heavy atom. The number of carbonyl (C=O) groups is 1. The molecule has 6 nitrogen and oxygen atoms in total. The predicted molar refractivity (Wildman–Crippen MR) is 124 cm³/mol. The normalized spacial score (nSPS) is 15.5. The van der Waals surface area contributed by atoms with E-state index in [1.807, 2.05) is 49.6 Å². The largest absolute Gasteiger partial charge is 0.354 e. The van der Waals surface area contributed by atoms with Gasteiger partial charge in [0.2, 0.25) is 5.91 Å². The summed E-state index contributed by atoms with van der Waals surface area (Å²) in [5.41, 5.74) is 5.99. The number of amides is 1. The minimum Gasteiger partial charge on any atom is -0.354 e. The number of hydrogen-bond acceptors (Lipinski definition) is 4. The van der Waals surface area contributed by atoms with Crippen LogP contribution in [-0.4, -0.2) is 45.0 Å². The number of aromatic nitrogens is 3. The molecule has 1 aliphatic heterocycles. The molecular weight excluding hydrogens is 410 g/mol. The Morgan fingerprint density at radius 3 is 2.68 bits per heavy atom. The number of rotatable bonds is 7. The SMILES string of the molecule is Cc1cc2nc(C)c(CCC(=O)NCC(c3ccccc3Cl)N3CCCC3)c(C)n2n1. The summed E-state index contributed by atoms with van der Waals surface area (Å²) < 4.78 is 1.87. The van der Waals surface area contributed by atoms with Crippen LogP contribution in [0.15, 0.2) is 30.3 Å².